The van der Waals surface area contributed by atoms with Crippen molar-refractivity contribution in [1.82, 2.24) is 4.57 Å². The number of carbonyl (C=O) groups is 1. The van der Waals surface area contributed by atoms with Gasteiger partial charge >= 0.3 is 5.97 Å². The number of hydrogen-bond acceptors (Lipinski definition) is 1. The highest BCUT2D eigenvalue weighted by Gasteiger charge is 2.54. The molecule has 3 nitrogen and oxygen atoms in total. The minimum atomic E-state index is -0.844. The normalized spacial score (nSPS) is 21.4. The van der Waals surface area contributed by atoms with E-state index in [9.17, 15) is 9.90 Å². The second kappa shape index (κ2) is 3.69. The number of nitrogens with zero attached hydrogens (tertiary/aromatic N) is 1. The summed E-state index contributed by atoms with van der Waals surface area (Å²) in [5, 5.41) is 10.9. The topological polar surface area (TPSA) is 42.2 Å². The molecule has 106 valence electrons. The van der Waals surface area contributed by atoms with Crippen LogP contribution in [0.4, 0.5) is 0 Å². The predicted molar refractivity (Wildman–Crippen MR) is 85.4 cm³/mol. The van der Waals surface area contributed by atoms with Crippen LogP contribution in [-0.4, -0.2) is 15.6 Å². The van der Waals surface area contributed by atoms with Crippen LogP contribution in [-0.2, 0) is 11.3 Å². The van der Waals surface area contributed by atoms with E-state index in [1.165, 1.54) is 0 Å². The van der Waals surface area contributed by atoms with Crippen LogP contribution >= 0.6 is 0 Å². The average Bonchev–Trinajstić information content (AvgIpc) is 3.18. The van der Waals surface area contributed by atoms with Crippen molar-refractivity contribution in [3.05, 3.63) is 66.2 Å². The lowest BCUT2D eigenvalue weighted by Crippen LogP contribution is -2.23. The van der Waals surface area contributed by atoms with Gasteiger partial charge in [0.1, 0.15) is 5.41 Å². The first kappa shape index (κ1) is 11.8. The standard InChI is InChI=1S/C19H13NO2/c21-18(22)19-10-15(19)13-6-2-3-7-14(13)17-9-12-5-1-4-8-16(12)20(17)11-19/h1-10H,11H2,(H,21,22). The molecule has 0 amide bonds. The van der Waals surface area contributed by atoms with E-state index in [0.717, 1.165) is 33.3 Å². The van der Waals surface area contributed by atoms with E-state index < -0.39 is 11.4 Å². The number of carboxylic acids is 1. The lowest BCUT2D eigenvalue weighted by atomic mass is 9.94. The smallest absolute Gasteiger partial charge is 0.319 e. The largest absolute Gasteiger partial charge is 0.480 e. The summed E-state index contributed by atoms with van der Waals surface area (Å²) in [5.41, 5.74) is 4.46. The molecule has 5 rings (SSSR count). The van der Waals surface area contributed by atoms with Gasteiger partial charge < -0.3 is 9.67 Å². The van der Waals surface area contributed by atoms with Gasteiger partial charge in [0, 0.05) is 28.7 Å². The molecule has 0 spiro atoms. The Labute approximate surface area is 127 Å². The highest BCUT2D eigenvalue weighted by molar-refractivity contribution is 6.08. The molecule has 1 atom stereocenters. The van der Waals surface area contributed by atoms with E-state index in [2.05, 4.69) is 28.8 Å². The maximum absolute atomic E-state index is 11.9. The molecule has 0 fully saturated rings. The molecular weight excluding hydrogens is 274 g/mol. The van der Waals surface area contributed by atoms with E-state index >= 15 is 0 Å². The fourth-order valence-electron chi connectivity index (χ4n) is 3.70. The lowest BCUT2D eigenvalue weighted by Gasteiger charge is -2.14. The van der Waals surface area contributed by atoms with E-state index in [4.69, 9.17) is 0 Å². The molecule has 2 aliphatic rings. The molecule has 2 aromatic carbocycles. The van der Waals surface area contributed by atoms with Crippen LogP contribution in [0.1, 0.15) is 5.56 Å². The second-order valence-corrected chi connectivity index (χ2v) is 6.05. The summed E-state index contributed by atoms with van der Waals surface area (Å²) in [7, 11) is 0. The molecule has 0 saturated heterocycles. The predicted octanol–water partition coefficient (Wildman–Crippen LogP) is 3.79. The van der Waals surface area contributed by atoms with Gasteiger partial charge in [-0.05, 0) is 23.3 Å². The van der Waals surface area contributed by atoms with Crippen molar-refractivity contribution in [3.63, 3.8) is 0 Å². The first-order valence-corrected chi connectivity index (χ1v) is 7.35. The fourth-order valence-corrected chi connectivity index (χ4v) is 3.70. The summed E-state index contributed by atoms with van der Waals surface area (Å²) in [6.07, 6.45) is 1.89. The Morgan fingerprint density at radius 3 is 2.59 bits per heavy atom. The maximum Gasteiger partial charge on any atom is 0.319 e. The quantitative estimate of drug-likeness (QED) is 0.740. The van der Waals surface area contributed by atoms with Crippen molar-refractivity contribution < 1.29 is 9.90 Å². The highest BCUT2D eigenvalue weighted by Crippen LogP contribution is 2.57. The third-order valence-corrected chi connectivity index (χ3v) is 4.88. The van der Waals surface area contributed by atoms with Gasteiger partial charge in [0.15, 0.2) is 0 Å². The molecular formula is C19H13NO2. The zero-order valence-corrected chi connectivity index (χ0v) is 11.8. The fraction of sp³-hybridized carbons (Fsp3) is 0.105. The van der Waals surface area contributed by atoms with Crippen molar-refractivity contribution in [2.45, 2.75) is 6.54 Å². The summed E-state index contributed by atoms with van der Waals surface area (Å²) in [5.74, 6) is -0.761. The molecule has 22 heavy (non-hydrogen) atoms. The Morgan fingerprint density at radius 2 is 1.77 bits per heavy atom. The zero-order chi connectivity index (χ0) is 14.9. The van der Waals surface area contributed by atoms with E-state index in [1.54, 1.807) is 0 Å². The average molecular weight is 287 g/mol. The summed E-state index contributed by atoms with van der Waals surface area (Å²) in [6, 6.07) is 18.4. The van der Waals surface area contributed by atoms with Crippen LogP contribution in [0.5, 0.6) is 0 Å². The summed E-state index contributed by atoms with van der Waals surface area (Å²) < 4.78 is 2.15. The number of fused-ring (bicyclic) bond motifs is 7. The number of hydrogen-bond donors (Lipinski definition) is 1. The minimum absolute atomic E-state index is 0.467. The van der Waals surface area contributed by atoms with Crippen LogP contribution in [0.2, 0.25) is 0 Å². The molecule has 0 radical (unpaired) electrons. The Hall–Kier alpha value is -2.81. The number of rotatable bonds is 1. The number of aromatic nitrogens is 1. The molecule has 0 bridgehead atoms. The monoisotopic (exact) mass is 287 g/mol. The van der Waals surface area contributed by atoms with Crippen molar-refractivity contribution in [2.24, 2.45) is 5.41 Å². The first-order chi connectivity index (χ1) is 10.7. The lowest BCUT2D eigenvalue weighted by molar-refractivity contribution is -0.142. The van der Waals surface area contributed by atoms with Gasteiger partial charge in [0.2, 0.25) is 0 Å². The van der Waals surface area contributed by atoms with Crippen molar-refractivity contribution in [2.75, 3.05) is 0 Å². The number of para-hydroxylation sites is 1. The van der Waals surface area contributed by atoms with Gasteiger partial charge in [-0.25, -0.2) is 0 Å². The van der Waals surface area contributed by atoms with Gasteiger partial charge in [-0.2, -0.15) is 0 Å². The third kappa shape index (κ3) is 1.29. The van der Waals surface area contributed by atoms with Crippen LogP contribution in [0.3, 0.4) is 0 Å². The van der Waals surface area contributed by atoms with Crippen LogP contribution in [0.25, 0.3) is 27.7 Å². The minimum Gasteiger partial charge on any atom is -0.480 e. The Bertz CT molecular complexity index is 996. The summed E-state index contributed by atoms with van der Waals surface area (Å²) in [6.45, 7) is 0.467. The molecule has 3 aromatic rings. The van der Waals surface area contributed by atoms with E-state index in [-0.39, 0.29) is 0 Å². The number of carboxylic acid groups (broad SMARTS) is 1. The first-order valence-electron chi connectivity index (χ1n) is 7.35. The van der Waals surface area contributed by atoms with E-state index in [1.807, 2.05) is 36.4 Å². The molecule has 1 aromatic heterocycles. The summed E-state index contributed by atoms with van der Waals surface area (Å²) in [4.78, 5) is 11.9. The molecule has 2 heterocycles. The molecule has 0 saturated carbocycles. The number of benzene rings is 2. The van der Waals surface area contributed by atoms with Gasteiger partial charge in [-0.3, -0.25) is 4.79 Å². The molecule has 3 heteroatoms. The van der Waals surface area contributed by atoms with Gasteiger partial charge in [-0.1, -0.05) is 48.5 Å². The SMILES string of the molecule is O=C(O)C12C=C1c1ccccc1-c1cc3ccccc3n1C2. The Kier molecular flexibility index (Phi) is 1.98. The van der Waals surface area contributed by atoms with Crippen molar-refractivity contribution in [3.8, 4) is 11.3 Å². The maximum atomic E-state index is 11.9. The molecule has 1 N–H and O–H groups in total. The van der Waals surface area contributed by atoms with E-state index in [0.29, 0.717) is 6.54 Å². The Balaban J connectivity index is 1.89. The van der Waals surface area contributed by atoms with Crippen molar-refractivity contribution in [1.29, 1.82) is 0 Å². The molecule has 1 aliphatic heterocycles. The van der Waals surface area contributed by atoms with Crippen LogP contribution < -0.4 is 0 Å². The van der Waals surface area contributed by atoms with Crippen LogP contribution in [0, 0.1) is 5.41 Å². The third-order valence-electron chi connectivity index (χ3n) is 4.88. The molecule has 1 unspecified atom stereocenters. The second-order valence-electron chi connectivity index (χ2n) is 6.05. The van der Waals surface area contributed by atoms with Crippen LogP contribution in [0.15, 0.2) is 60.7 Å². The number of aliphatic carboxylic acids is 1. The molecule has 1 aliphatic carbocycles. The van der Waals surface area contributed by atoms with Gasteiger partial charge in [0.25, 0.3) is 0 Å². The van der Waals surface area contributed by atoms with Crippen molar-refractivity contribution >= 4 is 22.4 Å². The van der Waals surface area contributed by atoms with Gasteiger partial charge in [-0.15, -0.1) is 0 Å². The zero-order valence-electron chi connectivity index (χ0n) is 11.8. The highest BCUT2D eigenvalue weighted by atomic mass is 16.4. The summed E-state index contributed by atoms with van der Waals surface area (Å²) >= 11 is 0. The van der Waals surface area contributed by atoms with Gasteiger partial charge in [0.05, 0.1) is 0 Å². The Morgan fingerprint density at radius 1 is 1.05 bits per heavy atom.